The quantitative estimate of drug-likeness (QED) is 0.449. The summed E-state index contributed by atoms with van der Waals surface area (Å²) >= 11 is 0. The third kappa shape index (κ3) is 5.66. The molecule has 0 spiro atoms. The van der Waals surface area contributed by atoms with Crippen molar-refractivity contribution in [3.63, 3.8) is 0 Å². The second kappa shape index (κ2) is 5.77. The largest absolute Gasteiger partial charge is 1.00 e. The van der Waals surface area contributed by atoms with Gasteiger partial charge in [-0.05, 0) is 12.5 Å². The molecule has 14 heavy (non-hydrogen) atoms. The van der Waals surface area contributed by atoms with Gasteiger partial charge in [-0.3, -0.25) is 4.55 Å². The standard InChI is InChI=1S/C7H10N2O3S.Na.H/c1-6-4-8-7(9-5-6)2-3-13(10,11)12;;/h4-5H,2-3H2,1H3,(H,10,11,12);;/q;+1;-1. The second-order valence-electron chi connectivity index (χ2n) is 2.71. The molecule has 1 aromatic rings. The van der Waals surface area contributed by atoms with Crippen LogP contribution in [-0.4, -0.2) is 28.7 Å². The minimum atomic E-state index is -3.91. The van der Waals surface area contributed by atoms with E-state index in [0.717, 1.165) is 5.56 Å². The third-order valence-electron chi connectivity index (χ3n) is 1.42. The summed E-state index contributed by atoms with van der Waals surface area (Å²) in [5.41, 5.74) is 0.913. The van der Waals surface area contributed by atoms with Gasteiger partial charge >= 0.3 is 29.6 Å². The predicted octanol–water partition coefficient (Wildman–Crippen LogP) is -2.67. The van der Waals surface area contributed by atoms with Gasteiger partial charge in [-0.2, -0.15) is 8.42 Å². The summed E-state index contributed by atoms with van der Waals surface area (Å²) in [7, 11) is -3.91. The maximum atomic E-state index is 10.4. The molecule has 0 aliphatic heterocycles. The van der Waals surface area contributed by atoms with Crippen molar-refractivity contribution in [2.75, 3.05) is 5.75 Å². The molecule has 1 aromatic heterocycles. The van der Waals surface area contributed by atoms with E-state index < -0.39 is 10.1 Å². The van der Waals surface area contributed by atoms with E-state index in [1.807, 2.05) is 6.92 Å². The van der Waals surface area contributed by atoms with Crippen LogP contribution in [-0.2, 0) is 16.5 Å². The summed E-state index contributed by atoms with van der Waals surface area (Å²) in [6.45, 7) is 1.84. The van der Waals surface area contributed by atoms with Crippen LogP contribution in [0.1, 0.15) is 12.8 Å². The van der Waals surface area contributed by atoms with Crippen LogP contribution >= 0.6 is 0 Å². The van der Waals surface area contributed by atoms with Gasteiger partial charge in [0, 0.05) is 18.8 Å². The summed E-state index contributed by atoms with van der Waals surface area (Å²) < 4.78 is 29.2. The van der Waals surface area contributed by atoms with Crippen molar-refractivity contribution in [1.82, 2.24) is 9.97 Å². The number of hydrogen-bond donors (Lipinski definition) is 1. The van der Waals surface area contributed by atoms with Crippen molar-refractivity contribution in [2.45, 2.75) is 13.3 Å². The minimum Gasteiger partial charge on any atom is -1.00 e. The van der Waals surface area contributed by atoms with E-state index >= 15 is 0 Å². The molecule has 0 fully saturated rings. The summed E-state index contributed by atoms with van der Waals surface area (Å²) in [6.07, 6.45) is 3.35. The van der Waals surface area contributed by atoms with Crippen molar-refractivity contribution in [3.05, 3.63) is 23.8 Å². The van der Waals surface area contributed by atoms with Crippen molar-refractivity contribution >= 4 is 10.1 Å². The van der Waals surface area contributed by atoms with Gasteiger partial charge < -0.3 is 1.43 Å². The molecule has 0 aliphatic rings. The van der Waals surface area contributed by atoms with E-state index in [1.54, 1.807) is 12.4 Å². The van der Waals surface area contributed by atoms with E-state index in [4.69, 9.17) is 4.55 Å². The zero-order valence-corrected chi connectivity index (χ0v) is 11.0. The fourth-order valence-electron chi connectivity index (χ4n) is 0.769. The summed E-state index contributed by atoms with van der Waals surface area (Å²) in [5, 5.41) is 0. The fourth-order valence-corrected chi connectivity index (χ4v) is 1.21. The van der Waals surface area contributed by atoms with Gasteiger partial charge in [0.1, 0.15) is 5.82 Å². The monoisotopic (exact) mass is 226 g/mol. The Labute approximate surface area is 106 Å². The van der Waals surface area contributed by atoms with Gasteiger partial charge in [-0.15, -0.1) is 0 Å². The molecule has 5 nitrogen and oxygen atoms in total. The van der Waals surface area contributed by atoms with Crippen molar-refractivity contribution in [1.29, 1.82) is 0 Å². The van der Waals surface area contributed by atoms with Crippen LogP contribution in [0, 0.1) is 6.92 Å². The molecule has 0 saturated heterocycles. The van der Waals surface area contributed by atoms with Crippen LogP contribution in [0.25, 0.3) is 0 Å². The second-order valence-corrected chi connectivity index (χ2v) is 4.28. The van der Waals surface area contributed by atoms with Crippen molar-refractivity contribution in [3.8, 4) is 0 Å². The summed E-state index contributed by atoms with van der Waals surface area (Å²) in [6, 6.07) is 0. The first-order valence-corrected chi connectivity index (χ1v) is 5.31. The molecular formula is C7H11N2NaO3S. The molecule has 0 amide bonds. The molecule has 1 N–H and O–H groups in total. The number of aryl methyl sites for hydroxylation is 2. The topological polar surface area (TPSA) is 80.2 Å². The average Bonchev–Trinajstić information content (AvgIpc) is 2.02. The van der Waals surface area contributed by atoms with Gasteiger partial charge in [0.25, 0.3) is 10.1 Å². The Bertz CT molecular complexity index is 382. The van der Waals surface area contributed by atoms with Gasteiger partial charge in [-0.1, -0.05) is 0 Å². The summed E-state index contributed by atoms with van der Waals surface area (Å²) in [5.74, 6) is 0.0824. The maximum absolute atomic E-state index is 10.4. The molecule has 0 saturated carbocycles. The van der Waals surface area contributed by atoms with Gasteiger partial charge in [0.2, 0.25) is 0 Å². The number of aromatic nitrogens is 2. The normalized spacial score (nSPS) is 10.7. The average molecular weight is 226 g/mol. The Morgan fingerprint density at radius 2 is 1.93 bits per heavy atom. The van der Waals surface area contributed by atoms with E-state index in [2.05, 4.69) is 9.97 Å². The first kappa shape index (κ1) is 14.0. The van der Waals surface area contributed by atoms with Crippen LogP contribution in [0.15, 0.2) is 12.4 Å². The van der Waals surface area contributed by atoms with Crippen LogP contribution in [0.3, 0.4) is 0 Å². The van der Waals surface area contributed by atoms with E-state index in [-0.39, 0.29) is 43.2 Å². The van der Waals surface area contributed by atoms with Crippen molar-refractivity contribution in [2.24, 2.45) is 0 Å². The molecule has 0 aromatic carbocycles. The van der Waals surface area contributed by atoms with Crippen LogP contribution < -0.4 is 29.6 Å². The Balaban J connectivity index is 0. The molecule has 0 radical (unpaired) electrons. The Hall–Kier alpha value is -0.0100. The smallest absolute Gasteiger partial charge is 1.00 e. The zero-order chi connectivity index (χ0) is 9.90. The number of nitrogens with zero attached hydrogens (tertiary/aromatic N) is 2. The molecule has 0 unspecified atom stereocenters. The Kier molecular flexibility index (Phi) is 5.77. The van der Waals surface area contributed by atoms with Crippen LogP contribution in [0.5, 0.6) is 0 Å². The van der Waals surface area contributed by atoms with E-state index in [0.29, 0.717) is 5.82 Å². The molecule has 0 atom stereocenters. The van der Waals surface area contributed by atoms with Gasteiger partial charge in [0.15, 0.2) is 0 Å². The Morgan fingerprint density at radius 3 is 2.36 bits per heavy atom. The summed E-state index contributed by atoms with van der Waals surface area (Å²) in [4.78, 5) is 7.79. The van der Waals surface area contributed by atoms with Crippen molar-refractivity contribution < 1.29 is 44.0 Å². The van der Waals surface area contributed by atoms with Crippen LogP contribution in [0.2, 0.25) is 0 Å². The molecule has 0 bridgehead atoms. The molecule has 0 aliphatic carbocycles. The zero-order valence-electron chi connectivity index (χ0n) is 9.14. The number of rotatable bonds is 3. The molecular weight excluding hydrogens is 215 g/mol. The fraction of sp³-hybridized carbons (Fsp3) is 0.429. The van der Waals surface area contributed by atoms with Crippen LogP contribution in [0.4, 0.5) is 0 Å². The van der Waals surface area contributed by atoms with E-state index in [1.165, 1.54) is 0 Å². The molecule has 1 heterocycles. The molecule has 1 rings (SSSR count). The third-order valence-corrected chi connectivity index (χ3v) is 2.14. The number of hydrogen-bond acceptors (Lipinski definition) is 4. The Morgan fingerprint density at radius 1 is 1.43 bits per heavy atom. The predicted molar refractivity (Wildman–Crippen MR) is 48.0 cm³/mol. The molecule has 7 heteroatoms. The SMILES string of the molecule is Cc1cnc(CCS(=O)(=O)O)nc1.[H-].[Na+]. The minimum absolute atomic E-state index is 0. The first-order valence-electron chi connectivity index (χ1n) is 3.70. The van der Waals surface area contributed by atoms with E-state index in [9.17, 15) is 8.42 Å². The molecule has 74 valence electrons. The maximum Gasteiger partial charge on any atom is 1.00 e. The van der Waals surface area contributed by atoms with Gasteiger partial charge in [-0.25, -0.2) is 9.97 Å². The first-order chi connectivity index (χ1) is 5.97. The van der Waals surface area contributed by atoms with Gasteiger partial charge in [0.05, 0.1) is 5.75 Å².